The number of carbonyl (C=O) groups is 1. The average molecular weight is 268 g/mol. The first-order valence-corrected chi connectivity index (χ1v) is 6.76. The Hall–Kier alpha value is -1.22. The molecule has 0 bridgehead atoms. The van der Waals surface area contributed by atoms with E-state index in [2.05, 4.69) is 12.2 Å². The van der Waals surface area contributed by atoms with Crippen molar-refractivity contribution < 1.29 is 9.53 Å². The molecule has 2 rings (SSSR count). The predicted molar refractivity (Wildman–Crippen MR) is 73.0 cm³/mol. The van der Waals surface area contributed by atoms with Gasteiger partial charge in [-0.3, -0.25) is 5.32 Å². The average Bonchev–Trinajstić information content (AvgIpc) is 2.32. The van der Waals surface area contributed by atoms with Gasteiger partial charge >= 0.3 is 6.09 Å². The minimum atomic E-state index is -0.393. The summed E-state index contributed by atoms with van der Waals surface area (Å²) >= 11 is 5.85. The molecular weight excluding hydrogens is 250 g/mol. The highest BCUT2D eigenvalue weighted by Gasteiger charge is 2.24. The number of amides is 1. The lowest BCUT2D eigenvalue weighted by Gasteiger charge is -2.28. The van der Waals surface area contributed by atoms with Crippen LogP contribution in [0.15, 0.2) is 24.3 Å². The maximum Gasteiger partial charge on any atom is 0.411 e. The minimum absolute atomic E-state index is 0.0398. The summed E-state index contributed by atoms with van der Waals surface area (Å²) in [6.07, 6.45) is 4.12. The third-order valence-corrected chi connectivity index (χ3v) is 3.60. The summed E-state index contributed by atoms with van der Waals surface area (Å²) < 4.78 is 5.45. The van der Waals surface area contributed by atoms with Crippen molar-refractivity contribution >= 4 is 23.4 Å². The molecule has 18 heavy (non-hydrogen) atoms. The summed E-state index contributed by atoms with van der Waals surface area (Å²) in [6, 6.07) is 7.05. The van der Waals surface area contributed by atoms with Gasteiger partial charge in [-0.25, -0.2) is 4.79 Å². The van der Waals surface area contributed by atoms with Gasteiger partial charge in [0.2, 0.25) is 0 Å². The van der Waals surface area contributed by atoms with Gasteiger partial charge in [-0.1, -0.05) is 31.0 Å². The number of hydrogen-bond donors (Lipinski definition) is 1. The van der Waals surface area contributed by atoms with E-state index >= 15 is 0 Å². The van der Waals surface area contributed by atoms with Gasteiger partial charge in [0.05, 0.1) is 0 Å². The lowest BCUT2D eigenvalue weighted by molar-refractivity contribution is 0.0524. The normalized spacial score (nSPS) is 23.4. The van der Waals surface area contributed by atoms with E-state index in [0.29, 0.717) is 16.6 Å². The predicted octanol–water partition coefficient (Wildman–Crippen LogP) is 4.47. The van der Waals surface area contributed by atoms with Crippen molar-refractivity contribution in [1.29, 1.82) is 0 Å². The molecule has 0 unspecified atom stereocenters. The summed E-state index contributed by atoms with van der Waals surface area (Å²) in [5.41, 5.74) is 0.663. The topological polar surface area (TPSA) is 38.3 Å². The molecule has 1 aliphatic rings. The van der Waals surface area contributed by atoms with Crippen LogP contribution in [0.25, 0.3) is 0 Å². The third-order valence-electron chi connectivity index (χ3n) is 3.36. The van der Waals surface area contributed by atoms with E-state index in [4.69, 9.17) is 16.3 Å². The van der Waals surface area contributed by atoms with E-state index in [1.165, 1.54) is 6.42 Å². The maximum atomic E-state index is 11.8. The lowest BCUT2D eigenvalue weighted by atomic mass is 9.88. The highest BCUT2D eigenvalue weighted by Crippen LogP contribution is 2.26. The Labute approximate surface area is 112 Å². The summed E-state index contributed by atoms with van der Waals surface area (Å²) in [5.74, 6) is 0.448. The Morgan fingerprint density at radius 1 is 1.39 bits per heavy atom. The number of carbonyl (C=O) groups excluding carboxylic acids is 1. The molecule has 1 N–H and O–H groups in total. The van der Waals surface area contributed by atoms with Gasteiger partial charge in [0, 0.05) is 10.7 Å². The fourth-order valence-electron chi connectivity index (χ4n) is 2.31. The van der Waals surface area contributed by atoms with E-state index in [-0.39, 0.29) is 6.10 Å². The van der Waals surface area contributed by atoms with Crippen LogP contribution in [0.4, 0.5) is 10.5 Å². The van der Waals surface area contributed by atoms with Crippen LogP contribution in [0.2, 0.25) is 5.02 Å². The summed E-state index contributed by atoms with van der Waals surface area (Å²) in [5, 5.41) is 3.30. The monoisotopic (exact) mass is 267 g/mol. The van der Waals surface area contributed by atoms with Crippen molar-refractivity contribution in [3.05, 3.63) is 29.3 Å². The second-order valence-corrected chi connectivity index (χ2v) is 5.28. The molecule has 1 amide bonds. The Kier molecular flexibility index (Phi) is 4.48. The molecule has 1 saturated carbocycles. The second-order valence-electron chi connectivity index (χ2n) is 4.84. The van der Waals surface area contributed by atoms with Gasteiger partial charge in [0.25, 0.3) is 0 Å². The highest BCUT2D eigenvalue weighted by molar-refractivity contribution is 6.30. The van der Waals surface area contributed by atoms with E-state index in [1.54, 1.807) is 24.3 Å². The van der Waals surface area contributed by atoms with E-state index in [1.807, 2.05) is 0 Å². The first kappa shape index (κ1) is 13.2. The molecule has 1 aliphatic carbocycles. The van der Waals surface area contributed by atoms with Crippen molar-refractivity contribution in [2.75, 3.05) is 5.32 Å². The number of benzene rings is 1. The lowest BCUT2D eigenvalue weighted by Crippen LogP contribution is -2.30. The molecule has 0 aromatic heterocycles. The fraction of sp³-hybridized carbons (Fsp3) is 0.500. The van der Waals surface area contributed by atoms with E-state index in [9.17, 15) is 4.79 Å². The van der Waals surface area contributed by atoms with Crippen LogP contribution in [0, 0.1) is 5.92 Å². The molecule has 98 valence electrons. The van der Waals surface area contributed by atoms with Gasteiger partial charge in [-0.05, 0) is 43.4 Å². The number of halogens is 1. The molecular formula is C14H18ClNO2. The second kappa shape index (κ2) is 6.10. The van der Waals surface area contributed by atoms with Gasteiger partial charge in [0.1, 0.15) is 6.10 Å². The molecule has 3 nitrogen and oxygen atoms in total. The van der Waals surface area contributed by atoms with Crippen molar-refractivity contribution in [2.24, 2.45) is 5.92 Å². The zero-order valence-electron chi connectivity index (χ0n) is 10.5. The van der Waals surface area contributed by atoms with E-state index < -0.39 is 6.09 Å². The third kappa shape index (κ3) is 3.64. The zero-order valence-corrected chi connectivity index (χ0v) is 11.2. The van der Waals surface area contributed by atoms with Gasteiger partial charge in [0.15, 0.2) is 0 Å². The van der Waals surface area contributed by atoms with Gasteiger partial charge < -0.3 is 4.74 Å². The van der Waals surface area contributed by atoms with Crippen molar-refractivity contribution in [1.82, 2.24) is 0 Å². The Bertz CT molecular complexity index is 422. The Morgan fingerprint density at radius 3 is 2.89 bits per heavy atom. The number of ether oxygens (including phenoxy) is 1. The fourth-order valence-corrected chi connectivity index (χ4v) is 2.50. The van der Waals surface area contributed by atoms with E-state index in [0.717, 1.165) is 19.3 Å². The van der Waals surface area contributed by atoms with Crippen LogP contribution in [0.5, 0.6) is 0 Å². The van der Waals surface area contributed by atoms with Crippen LogP contribution in [0.1, 0.15) is 32.6 Å². The maximum absolute atomic E-state index is 11.8. The standard InChI is InChI=1S/C14H18ClNO2/c1-10-5-2-3-8-13(10)18-14(17)16-12-7-4-6-11(15)9-12/h4,6-7,9-10,13H,2-3,5,8H2,1H3,(H,16,17)/t10-,13+/m0/s1. The molecule has 0 heterocycles. The molecule has 0 saturated heterocycles. The number of rotatable bonds is 2. The van der Waals surface area contributed by atoms with Crippen LogP contribution in [0.3, 0.4) is 0 Å². The highest BCUT2D eigenvalue weighted by atomic mass is 35.5. The molecule has 1 aromatic carbocycles. The number of hydrogen-bond acceptors (Lipinski definition) is 2. The zero-order chi connectivity index (χ0) is 13.0. The molecule has 0 radical (unpaired) electrons. The number of nitrogens with one attached hydrogen (secondary N) is 1. The van der Waals surface area contributed by atoms with Crippen LogP contribution in [-0.2, 0) is 4.74 Å². The quantitative estimate of drug-likeness (QED) is 0.859. The molecule has 1 aromatic rings. The molecule has 2 atom stereocenters. The van der Waals surface area contributed by atoms with Crippen molar-refractivity contribution in [3.63, 3.8) is 0 Å². The minimum Gasteiger partial charge on any atom is -0.446 e. The summed E-state index contributed by atoms with van der Waals surface area (Å²) in [7, 11) is 0. The van der Waals surface area contributed by atoms with Crippen molar-refractivity contribution in [2.45, 2.75) is 38.7 Å². The first-order valence-electron chi connectivity index (χ1n) is 6.38. The van der Waals surface area contributed by atoms with Gasteiger partial charge in [-0.15, -0.1) is 0 Å². The van der Waals surface area contributed by atoms with Gasteiger partial charge in [-0.2, -0.15) is 0 Å². The molecule has 4 heteroatoms. The molecule has 0 spiro atoms. The Balaban J connectivity index is 1.88. The molecule has 0 aliphatic heterocycles. The largest absolute Gasteiger partial charge is 0.446 e. The number of anilines is 1. The smallest absolute Gasteiger partial charge is 0.411 e. The van der Waals surface area contributed by atoms with Crippen LogP contribution in [-0.4, -0.2) is 12.2 Å². The SMILES string of the molecule is C[C@H]1CCCC[C@H]1OC(=O)Nc1cccc(Cl)c1. The molecule has 1 fully saturated rings. The summed E-state index contributed by atoms with van der Waals surface area (Å²) in [4.78, 5) is 11.8. The van der Waals surface area contributed by atoms with Crippen LogP contribution < -0.4 is 5.32 Å². The first-order chi connectivity index (χ1) is 8.65. The summed E-state index contributed by atoms with van der Waals surface area (Å²) in [6.45, 7) is 2.14. The Morgan fingerprint density at radius 2 is 2.17 bits per heavy atom. The van der Waals surface area contributed by atoms with Crippen molar-refractivity contribution in [3.8, 4) is 0 Å². The van der Waals surface area contributed by atoms with Crippen LogP contribution >= 0.6 is 11.6 Å².